The molecule has 1 heterocycles. The van der Waals surface area contributed by atoms with Crippen molar-refractivity contribution in [3.8, 4) is 0 Å². The molecule has 0 saturated carbocycles. The first kappa shape index (κ1) is 6.92. The number of nitrogens with zero attached hydrogens (tertiary/aromatic N) is 4. The first-order valence-electron chi connectivity index (χ1n) is 3.16. The highest BCUT2D eigenvalue weighted by molar-refractivity contribution is 5.34. The summed E-state index contributed by atoms with van der Waals surface area (Å²) in [5.41, 5.74) is 0. The van der Waals surface area contributed by atoms with Crippen molar-refractivity contribution >= 4 is 6.08 Å². The fourth-order valence-corrected chi connectivity index (χ4v) is 0.703. The quantitative estimate of drug-likeness (QED) is 0.609. The van der Waals surface area contributed by atoms with Crippen LogP contribution in [0.25, 0.3) is 6.08 Å². The summed E-state index contributed by atoms with van der Waals surface area (Å²) in [6, 6.07) is 0.294. The van der Waals surface area contributed by atoms with E-state index >= 15 is 0 Å². The molecule has 0 aliphatic rings. The predicted octanol–water partition coefficient (Wildman–Crippen LogP) is 0.897. The molecule has 0 unspecified atom stereocenters. The van der Waals surface area contributed by atoms with Gasteiger partial charge < -0.3 is 0 Å². The Hall–Kier alpha value is -1.19. The van der Waals surface area contributed by atoms with Gasteiger partial charge in [-0.3, -0.25) is 0 Å². The molecular formula is C6H10N4. The van der Waals surface area contributed by atoms with E-state index in [0.717, 1.165) is 5.82 Å². The van der Waals surface area contributed by atoms with Gasteiger partial charge in [0.15, 0.2) is 5.82 Å². The van der Waals surface area contributed by atoms with E-state index in [2.05, 4.69) is 22.1 Å². The summed E-state index contributed by atoms with van der Waals surface area (Å²) in [5, 5.41) is 11.0. The lowest BCUT2D eigenvalue weighted by Crippen LogP contribution is -2.04. The topological polar surface area (TPSA) is 43.6 Å². The Labute approximate surface area is 59.5 Å². The van der Waals surface area contributed by atoms with Crippen molar-refractivity contribution in [1.82, 2.24) is 20.2 Å². The van der Waals surface area contributed by atoms with Gasteiger partial charge in [0.1, 0.15) is 0 Å². The summed E-state index contributed by atoms with van der Waals surface area (Å²) in [4.78, 5) is 0. The van der Waals surface area contributed by atoms with Gasteiger partial charge in [-0.15, -0.1) is 5.10 Å². The largest absolute Gasteiger partial charge is 0.223 e. The minimum Gasteiger partial charge on any atom is -0.223 e. The van der Waals surface area contributed by atoms with Crippen molar-refractivity contribution in [2.45, 2.75) is 19.9 Å². The molecule has 0 radical (unpaired) electrons. The maximum Gasteiger partial charge on any atom is 0.174 e. The molecule has 0 saturated heterocycles. The van der Waals surface area contributed by atoms with Crippen LogP contribution in [0.5, 0.6) is 0 Å². The molecule has 1 rings (SSSR count). The lowest BCUT2D eigenvalue weighted by atomic mass is 10.4. The Bertz CT molecular complexity index is 225. The first-order valence-corrected chi connectivity index (χ1v) is 3.16. The van der Waals surface area contributed by atoms with Crippen molar-refractivity contribution in [3.63, 3.8) is 0 Å². The highest BCUT2D eigenvalue weighted by Gasteiger charge is 2.03. The van der Waals surface area contributed by atoms with Crippen LogP contribution >= 0.6 is 0 Å². The molecule has 0 aromatic carbocycles. The molecule has 0 N–H and O–H groups in total. The van der Waals surface area contributed by atoms with Crippen LogP contribution in [0, 0.1) is 0 Å². The maximum absolute atomic E-state index is 3.77. The third-order valence-corrected chi connectivity index (χ3v) is 1.19. The minimum absolute atomic E-state index is 0.294. The van der Waals surface area contributed by atoms with E-state index in [4.69, 9.17) is 0 Å². The van der Waals surface area contributed by atoms with E-state index in [1.807, 2.05) is 13.8 Å². The van der Waals surface area contributed by atoms with E-state index < -0.39 is 0 Å². The number of aromatic nitrogens is 4. The van der Waals surface area contributed by atoms with E-state index in [9.17, 15) is 0 Å². The zero-order valence-corrected chi connectivity index (χ0v) is 6.15. The third-order valence-electron chi connectivity index (χ3n) is 1.19. The summed E-state index contributed by atoms with van der Waals surface area (Å²) in [7, 11) is 0. The summed E-state index contributed by atoms with van der Waals surface area (Å²) in [6.45, 7) is 7.62. The molecule has 0 spiro atoms. The van der Waals surface area contributed by atoms with Gasteiger partial charge in [0.2, 0.25) is 0 Å². The van der Waals surface area contributed by atoms with Gasteiger partial charge in [0.25, 0.3) is 0 Å². The summed E-state index contributed by atoms with van der Waals surface area (Å²) < 4.78 is 1.72. The monoisotopic (exact) mass is 138 g/mol. The molecule has 0 amide bonds. The molecule has 4 heteroatoms. The smallest absolute Gasteiger partial charge is 0.174 e. The molecule has 0 bridgehead atoms. The van der Waals surface area contributed by atoms with Crippen LogP contribution in [0.15, 0.2) is 6.58 Å². The van der Waals surface area contributed by atoms with Gasteiger partial charge in [-0.2, -0.15) is 0 Å². The van der Waals surface area contributed by atoms with Crippen LogP contribution in [0.3, 0.4) is 0 Å². The maximum atomic E-state index is 3.77. The second-order valence-corrected chi connectivity index (χ2v) is 2.28. The number of rotatable bonds is 2. The lowest BCUT2D eigenvalue weighted by molar-refractivity contribution is 0.510. The van der Waals surface area contributed by atoms with Gasteiger partial charge >= 0.3 is 0 Å². The molecule has 1 aromatic heterocycles. The molecule has 4 nitrogen and oxygen atoms in total. The highest BCUT2D eigenvalue weighted by Crippen LogP contribution is 2.03. The van der Waals surface area contributed by atoms with Crippen LogP contribution < -0.4 is 0 Å². The number of tetrazole rings is 1. The first-order chi connectivity index (χ1) is 4.75. The molecule has 0 atom stereocenters. The SMILES string of the molecule is C=Cc1nnnn1C(C)C. The Balaban J connectivity index is 3.01. The number of hydrogen-bond acceptors (Lipinski definition) is 3. The average Bonchev–Trinajstić information content (AvgIpc) is 2.33. The Morgan fingerprint density at radius 2 is 2.30 bits per heavy atom. The van der Waals surface area contributed by atoms with E-state index in [1.54, 1.807) is 10.8 Å². The fourth-order valence-electron chi connectivity index (χ4n) is 0.703. The van der Waals surface area contributed by atoms with Crippen LogP contribution in [0.2, 0.25) is 0 Å². The van der Waals surface area contributed by atoms with Gasteiger partial charge in [0, 0.05) is 0 Å². The molecule has 0 aliphatic heterocycles. The highest BCUT2D eigenvalue weighted by atomic mass is 15.5. The molecule has 10 heavy (non-hydrogen) atoms. The van der Waals surface area contributed by atoms with E-state index in [0.29, 0.717) is 6.04 Å². The van der Waals surface area contributed by atoms with Crippen LogP contribution in [0.1, 0.15) is 25.7 Å². The van der Waals surface area contributed by atoms with E-state index in [1.165, 1.54) is 0 Å². The van der Waals surface area contributed by atoms with Gasteiger partial charge in [-0.1, -0.05) is 6.58 Å². The molecule has 54 valence electrons. The zero-order valence-electron chi connectivity index (χ0n) is 6.15. The zero-order chi connectivity index (χ0) is 7.56. The standard InChI is InChI=1S/C6H10N4/c1-4-6-7-8-9-10(6)5(2)3/h4-5H,1H2,2-3H3. The molecule has 0 fully saturated rings. The lowest BCUT2D eigenvalue weighted by Gasteiger charge is -2.03. The molecule has 1 aromatic rings. The van der Waals surface area contributed by atoms with Crippen molar-refractivity contribution < 1.29 is 0 Å². The predicted molar refractivity (Wildman–Crippen MR) is 38.3 cm³/mol. The second-order valence-electron chi connectivity index (χ2n) is 2.28. The normalized spacial score (nSPS) is 10.3. The van der Waals surface area contributed by atoms with Gasteiger partial charge in [-0.25, -0.2) is 4.68 Å². The molecule has 0 aliphatic carbocycles. The van der Waals surface area contributed by atoms with Crippen molar-refractivity contribution in [1.29, 1.82) is 0 Å². The van der Waals surface area contributed by atoms with Crippen molar-refractivity contribution in [3.05, 3.63) is 12.4 Å². The summed E-state index contributed by atoms with van der Waals surface area (Å²) in [5.74, 6) is 0.718. The van der Waals surface area contributed by atoms with Gasteiger partial charge in [-0.05, 0) is 30.4 Å². The van der Waals surface area contributed by atoms with E-state index in [-0.39, 0.29) is 0 Å². The Morgan fingerprint density at radius 3 is 2.70 bits per heavy atom. The van der Waals surface area contributed by atoms with Crippen LogP contribution in [-0.4, -0.2) is 20.2 Å². The molecular weight excluding hydrogens is 128 g/mol. The summed E-state index contributed by atoms with van der Waals surface area (Å²) in [6.07, 6.45) is 1.64. The second kappa shape index (κ2) is 2.60. The Morgan fingerprint density at radius 1 is 1.60 bits per heavy atom. The average molecular weight is 138 g/mol. The Kier molecular flexibility index (Phi) is 1.80. The van der Waals surface area contributed by atoms with Crippen molar-refractivity contribution in [2.24, 2.45) is 0 Å². The van der Waals surface area contributed by atoms with Crippen LogP contribution in [-0.2, 0) is 0 Å². The third kappa shape index (κ3) is 1.05. The van der Waals surface area contributed by atoms with Crippen LogP contribution in [0.4, 0.5) is 0 Å². The van der Waals surface area contributed by atoms with Crippen molar-refractivity contribution in [2.75, 3.05) is 0 Å². The fraction of sp³-hybridized carbons (Fsp3) is 0.500. The minimum atomic E-state index is 0.294. The van der Waals surface area contributed by atoms with Gasteiger partial charge in [0.05, 0.1) is 6.04 Å². The summed E-state index contributed by atoms with van der Waals surface area (Å²) >= 11 is 0. The number of hydrogen-bond donors (Lipinski definition) is 0.